The van der Waals surface area contributed by atoms with E-state index in [1.165, 1.54) is 10.9 Å². The minimum atomic E-state index is -4.23. The molecule has 0 amide bonds. The lowest BCUT2D eigenvalue weighted by atomic mass is 10.1. The summed E-state index contributed by atoms with van der Waals surface area (Å²) in [6.07, 6.45) is -5.67. The van der Waals surface area contributed by atoms with E-state index >= 15 is 4.39 Å². The van der Waals surface area contributed by atoms with Crippen LogP contribution < -0.4 is 16.9 Å². The molecule has 0 spiro atoms. The molecular formula is C20H23FN9O9PS. The van der Waals surface area contributed by atoms with Crippen molar-refractivity contribution >= 4 is 47.3 Å². The predicted molar refractivity (Wildman–Crippen MR) is 139 cm³/mol. The lowest BCUT2D eigenvalue weighted by Crippen LogP contribution is -2.31. The number of anilines is 1. The predicted octanol–water partition coefficient (Wildman–Crippen LogP) is -0.849. The van der Waals surface area contributed by atoms with E-state index < -0.39 is 74.2 Å². The van der Waals surface area contributed by atoms with Crippen LogP contribution in [0.25, 0.3) is 22.3 Å². The lowest BCUT2D eigenvalue weighted by Gasteiger charge is -2.24. The molecule has 0 bridgehead atoms. The highest BCUT2D eigenvalue weighted by atomic mass is 32.7. The van der Waals surface area contributed by atoms with E-state index in [1.54, 1.807) is 0 Å². The quantitative estimate of drug-likeness (QED) is 0.104. The Labute approximate surface area is 232 Å². The largest absolute Gasteiger partial charge is 0.394 e. The van der Waals surface area contributed by atoms with E-state index in [0.717, 1.165) is 17.2 Å². The molecule has 220 valence electrons. The van der Waals surface area contributed by atoms with Crippen LogP contribution in [-0.2, 0) is 23.1 Å². The Morgan fingerprint density at radius 3 is 2.59 bits per heavy atom. The van der Waals surface area contributed by atoms with E-state index in [2.05, 4.69) is 42.2 Å². The van der Waals surface area contributed by atoms with E-state index in [-0.39, 0.29) is 34.7 Å². The van der Waals surface area contributed by atoms with Gasteiger partial charge in [-0.05, 0) is 0 Å². The summed E-state index contributed by atoms with van der Waals surface area (Å²) < 4.78 is 53.2. The molecule has 18 nitrogen and oxygen atoms in total. The van der Waals surface area contributed by atoms with E-state index in [9.17, 15) is 24.4 Å². The third-order valence-electron chi connectivity index (χ3n) is 6.68. The standard InChI is InChI=1S/C20H23FN9O9PS/c21-10-13(32)9(38-19(10)29-5-25-11-14(29)23-4-24-16(11)33)3-36-40(35,41)39-8-1-7(2-31)37-18(8)30-6-26-12-15(30)27-20(22)28-17(12)34/h4-10,13,18-19,31-32H,1-3H2,(H,35,41)(H,23,24,33)(H3,22,27,28,34)/t7-,8+,9+,10-,13+,18+,19-,40?/m0/s1. The van der Waals surface area contributed by atoms with Crippen LogP contribution >= 0.6 is 19.0 Å². The van der Waals surface area contributed by atoms with Gasteiger partial charge in [0.15, 0.2) is 41.0 Å². The number of hydrogen-bond donors (Lipinski definition) is 6. The summed E-state index contributed by atoms with van der Waals surface area (Å²) in [5.74, 6) is -0.174. The van der Waals surface area contributed by atoms with Gasteiger partial charge in [-0.3, -0.25) is 32.8 Å². The molecule has 0 aliphatic carbocycles. The first-order valence-electron chi connectivity index (χ1n) is 12.1. The molecule has 2 aliphatic heterocycles. The summed E-state index contributed by atoms with van der Waals surface area (Å²) in [6.45, 7) is -5.22. The molecule has 2 saturated heterocycles. The van der Waals surface area contributed by atoms with Gasteiger partial charge in [0.05, 0.1) is 38.3 Å². The molecule has 4 aromatic rings. The van der Waals surface area contributed by atoms with Crippen LogP contribution in [0.5, 0.6) is 0 Å². The SMILES string of the molecule is Nc1nc2c(ncn2[C@@H]2O[C@H](CO)C[C@H]2OP(=O)(S)OC[C@H]2O[C@H](n3cnc4c(=O)[nH]cnc43)[C@@H](F)[C@@H]2O)c(=O)[nH]1. The fraction of sp³-hybridized carbons (Fsp3) is 0.500. The van der Waals surface area contributed by atoms with Crippen LogP contribution in [0.1, 0.15) is 18.9 Å². The van der Waals surface area contributed by atoms with Crippen molar-refractivity contribution < 1.29 is 37.7 Å². The first kappa shape index (κ1) is 27.9. The molecule has 6 heterocycles. The van der Waals surface area contributed by atoms with Crippen LogP contribution in [0, 0.1) is 0 Å². The summed E-state index contributed by atoms with van der Waals surface area (Å²) in [5, 5.41) is 20.1. The molecule has 4 aromatic heterocycles. The zero-order chi connectivity index (χ0) is 29.1. The number of imidazole rings is 2. The monoisotopic (exact) mass is 615 g/mol. The van der Waals surface area contributed by atoms with Crippen LogP contribution in [0.4, 0.5) is 10.3 Å². The highest BCUT2D eigenvalue weighted by molar-refractivity contribution is 8.44. The molecule has 0 saturated carbocycles. The maximum Gasteiger partial charge on any atom is 0.386 e. The number of halogens is 1. The Kier molecular flexibility index (Phi) is 7.19. The van der Waals surface area contributed by atoms with Gasteiger partial charge in [0.2, 0.25) is 5.95 Å². The third kappa shape index (κ3) is 5.06. The second-order valence-electron chi connectivity index (χ2n) is 9.31. The molecule has 2 aliphatic rings. The number of nitrogen functional groups attached to an aromatic ring is 1. The summed E-state index contributed by atoms with van der Waals surface area (Å²) in [5.41, 5.74) is 4.54. The number of ether oxygens (including phenoxy) is 2. The molecule has 8 atom stereocenters. The number of nitrogens with one attached hydrogen (secondary N) is 2. The Hall–Kier alpha value is -3.23. The second kappa shape index (κ2) is 10.6. The lowest BCUT2D eigenvalue weighted by molar-refractivity contribution is -0.0529. The summed E-state index contributed by atoms with van der Waals surface area (Å²) >= 11 is 4.01. The van der Waals surface area contributed by atoms with E-state index in [1.807, 2.05) is 0 Å². The van der Waals surface area contributed by atoms with Crippen molar-refractivity contribution in [1.82, 2.24) is 39.0 Å². The molecule has 2 fully saturated rings. The maximum absolute atomic E-state index is 15.0. The number of nitrogens with two attached hydrogens (primary N) is 1. The average molecular weight is 615 g/mol. The van der Waals surface area contributed by atoms with Crippen molar-refractivity contribution in [3.63, 3.8) is 0 Å². The molecular weight excluding hydrogens is 592 g/mol. The van der Waals surface area contributed by atoms with Crippen LogP contribution in [0.15, 0.2) is 28.6 Å². The Balaban J connectivity index is 1.17. The topological polar surface area (TPSA) is 248 Å². The molecule has 0 aromatic carbocycles. The van der Waals surface area contributed by atoms with Crippen molar-refractivity contribution in [3.8, 4) is 0 Å². The van der Waals surface area contributed by atoms with Crippen molar-refractivity contribution in [3.05, 3.63) is 39.7 Å². The maximum atomic E-state index is 15.0. The van der Waals surface area contributed by atoms with Gasteiger partial charge >= 0.3 is 6.80 Å². The van der Waals surface area contributed by atoms with Gasteiger partial charge in [-0.1, -0.05) is 12.2 Å². The first-order valence-corrected chi connectivity index (χ1v) is 14.8. The first-order chi connectivity index (χ1) is 19.6. The summed E-state index contributed by atoms with van der Waals surface area (Å²) in [6, 6.07) is 0. The number of hydrogen-bond acceptors (Lipinski definition) is 14. The van der Waals surface area contributed by atoms with Crippen molar-refractivity contribution in [1.29, 1.82) is 0 Å². The van der Waals surface area contributed by atoms with Gasteiger partial charge in [-0.25, -0.2) is 23.9 Å². The Morgan fingerprint density at radius 2 is 1.85 bits per heavy atom. The van der Waals surface area contributed by atoms with Gasteiger partial charge < -0.3 is 30.4 Å². The Bertz CT molecular complexity index is 1760. The minimum absolute atomic E-state index is 0.0347. The molecule has 6 N–H and O–H groups in total. The second-order valence-corrected chi connectivity index (χ2v) is 12.2. The zero-order valence-corrected chi connectivity index (χ0v) is 22.5. The number of nitrogens with zero attached hydrogens (tertiary/aromatic N) is 6. The number of aliphatic hydroxyl groups is 2. The molecule has 1 unspecified atom stereocenters. The summed E-state index contributed by atoms with van der Waals surface area (Å²) in [4.78, 5) is 44.8. The fourth-order valence-electron chi connectivity index (χ4n) is 4.79. The fourth-order valence-corrected chi connectivity index (χ4v) is 6.28. The highest BCUT2D eigenvalue weighted by Gasteiger charge is 2.47. The van der Waals surface area contributed by atoms with Gasteiger partial charge in [0.1, 0.15) is 18.3 Å². The van der Waals surface area contributed by atoms with Gasteiger partial charge in [-0.2, -0.15) is 4.98 Å². The number of fused-ring (bicyclic) bond motifs is 2. The third-order valence-corrected chi connectivity index (χ3v) is 8.32. The van der Waals surface area contributed by atoms with E-state index in [4.69, 9.17) is 24.3 Å². The molecule has 6 rings (SSSR count). The van der Waals surface area contributed by atoms with Crippen molar-refractivity contribution in [2.45, 2.75) is 49.5 Å². The number of H-pyrrole nitrogens is 2. The minimum Gasteiger partial charge on any atom is -0.394 e. The smallest absolute Gasteiger partial charge is 0.386 e. The number of aromatic amines is 2. The van der Waals surface area contributed by atoms with Crippen LogP contribution in [0.2, 0.25) is 0 Å². The van der Waals surface area contributed by atoms with Gasteiger partial charge in [-0.15, -0.1) is 0 Å². The number of thiol groups is 1. The van der Waals surface area contributed by atoms with Crippen LogP contribution in [0.3, 0.4) is 0 Å². The number of aromatic nitrogens is 8. The molecule has 21 heteroatoms. The van der Waals surface area contributed by atoms with E-state index in [0.29, 0.717) is 0 Å². The van der Waals surface area contributed by atoms with Crippen molar-refractivity contribution in [2.24, 2.45) is 0 Å². The number of aliphatic hydroxyl groups excluding tert-OH is 2. The van der Waals surface area contributed by atoms with Crippen molar-refractivity contribution in [2.75, 3.05) is 18.9 Å². The van der Waals surface area contributed by atoms with Crippen LogP contribution in [-0.4, -0.2) is 93.1 Å². The summed E-state index contributed by atoms with van der Waals surface area (Å²) in [7, 11) is 0. The zero-order valence-electron chi connectivity index (χ0n) is 20.7. The number of alkyl halides is 1. The van der Waals surface area contributed by atoms with Gasteiger partial charge in [0, 0.05) is 6.42 Å². The average Bonchev–Trinajstić information content (AvgIpc) is 3.69. The van der Waals surface area contributed by atoms with Gasteiger partial charge in [0.25, 0.3) is 11.1 Å². The molecule has 41 heavy (non-hydrogen) atoms. The number of rotatable bonds is 8. The highest BCUT2D eigenvalue weighted by Crippen LogP contribution is 2.57. The molecule has 0 radical (unpaired) electrons. The Morgan fingerprint density at radius 1 is 1.15 bits per heavy atom. The normalized spacial score (nSPS) is 29.9.